The Balaban J connectivity index is 1.91. The number of aryl methyl sites for hydroxylation is 2. The lowest BCUT2D eigenvalue weighted by Crippen LogP contribution is -2.62. The molecule has 0 saturated carbocycles. The molecule has 2 heterocycles. The van der Waals surface area contributed by atoms with Crippen LogP contribution in [0.3, 0.4) is 0 Å². The molecule has 0 amide bonds. The summed E-state index contributed by atoms with van der Waals surface area (Å²) in [6, 6.07) is 4.39. The third-order valence-corrected chi connectivity index (χ3v) is 4.23. The average Bonchev–Trinajstić information content (AvgIpc) is 2.55. The van der Waals surface area contributed by atoms with E-state index in [1.54, 1.807) is 6.08 Å². The second kappa shape index (κ2) is 6.69. The van der Waals surface area contributed by atoms with Gasteiger partial charge in [0.15, 0.2) is 6.21 Å². The van der Waals surface area contributed by atoms with Crippen LogP contribution in [-0.4, -0.2) is 26.4 Å². The highest BCUT2D eigenvalue weighted by atomic mass is 15.1. The number of benzene rings is 1. The van der Waals surface area contributed by atoms with E-state index in [9.17, 15) is 0 Å². The van der Waals surface area contributed by atoms with Crippen LogP contribution in [-0.2, 0) is 12.8 Å². The summed E-state index contributed by atoms with van der Waals surface area (Å²) in [5.74, 6) is 0. The van der Waals surface area contributed by atoms with Gasteiger partial charge in [-0.25, -0.2) is 0 Å². The van der Waals surface area contributed by atoms with Crippen molar-refractivity contribution in [3.8, 4) is 0 Å². The third kappa shape index (κ3) is 3.01. The minimum atomic E-state index is 0.752. The summed E-state index contributed by atoms with van der Waals surface area (Å²) in [6.07, 6.45) is 10.2. The van der Waals surface area contributed by atoms with Crippen LogP contribution < -0.4 is 9.89 Å². The normalized spacial score (nSPS) is 18.0. The molecule has 0 unspecified atom stereocenters. The Kier molecular flexibility index (Phi) is 4.47. The SMILES string of the molecule is C=C/C(=C\C=[NH+]C)N=Nc1cc2c3c(c1)CCCN3CCC2. The van der Waals surface area contributed by atoms with Crippen molar-refractivity contribution in [3.05, 3.63) is 47.7 Å². The lowest BCUT2D eigenvalue weighted by atomic mass is 9.91. The molecule has 0 bridgehead atoms. The Morgan fingerprint density at radius 2 is 1.91 bits per heavy atom. The van der Waals surface area contributed by atoms with E-state index in [1.807, 2.05) is 19.3 Å². The highest BCUT2D eigenvalue weighted by Gasteiger charge is 2.24. The van der Waals surface area contributed by atoms with Crippen LogP contribution in [0.15, 0.2) is 46.8 Å². The van der Waals surface area contributed by atoms with E-state index in [2.05, 4.69) is 38.8 Å². The summed E-state index contributed by atoms with van der Waals surface area (Å²) in [4.78, 5) is 5.48. The molecule has 1 aromatic carbocycles. The van der Waals surface area contributed by atoms with Gasteiger partial charge in [-0.05, 0) is 55.0 Å². The van der Waals surface area contributed by atoms with Crippen LogP contribution in [0.25, 0.3) is 0 Å². The van der Waals surface area contributed by atoms with Gasteiger partial charge in [-0.1, -0.05) is 6.58 Å². The van der Waals surface area contributed by atoms with Crippen molar-refractivity contribution in [1.82, 2.24) is 0 Å². The van der Waals surface area contributed by atoms with Gasteiger partial charge in [0.25, 0.3) is 0 Å². The van der Waals surface area contributed by atoms with Gasteiger partial charge in [0.1, 0.15) is 7.05 Å². The molecular formula is C18H23N4+. The van der Waals surface area contributed by atoms with Gasteiger partial charge in [-0.15, -0.1) is 0 Å². The predicted molar refractivity (Wildman–Crippen MR) is 91.0 cm³/mol. The van der Waals surface area contributed by atoms with Crippen LogP contribution >= 0.6 is 0 Å². The molecule has 2 aliphatic rings. The number of nitrogens with one attached hydrogen (secondary N) is 1. The van der Waals surface area contributed by atoms with Gasteiger partial charge in [0, 0.05) is 24.9 Å². The van der Waals surface area contributed by atoms with Crippen LogP contribution in [0.5, 0.6) is 0 Å². The fourth-order valence-corrected chi connectivity index (χ4v) is 3.27. The number of nitrogens with zero attached hydrogens (tertiary/aromatic N) is 3. The molecule has 0 saturated heterocycles. The van der Waals surface area contributed by atoms with Crippen LogP contribution in [0.2, 0.25) is 0 Å². The Bertz CT molecular complexity index is 624. The first-order valence-corrected chi connectivity index (χ1v) is 7.97. The zero-order valence-corrected chi connectivity index (χ0v) is 13.2. The van der Waals surface area contributed by atoms with Crippen molar-refractivity contribution in [2.24, 2.45) is 10.2 Å². The second-order valence-electron chi connectivity index (χ2n) is 5.76. The molecule has 0 aliphatic carbocycles. The largest absolute Gasteiger partial charge is 0.371 e. The first-order valence-electron chi connectivity index (χ1n) is 7.97. The molecule has 0 aromatic heterocycles. The molecule has 0 fully saturated rings. The summed E-state index contributed by atoms with van der Waals surface area (Å²) in [6.45, 7) is 6.17. The molecule has 22 heavy (non-hydrogen) atoms. The second-order valence-corrected chi connectivity index (χ2v) is 5.76. The number of anilines is 1. The molecule has 4 nitrogen and oxygen atoms in total. The Morgan fingerprint density at radius 3 is 2.50 bits per heavy atom. The molecule has 0 radical (unpaired) electrons. The Hall–Kier alpha value is -2.23. The zero-order chi connectivity index (χ0) is 15.4. The molecule has 0 spiro atoms. The minimum Gasteiger partial charge on any atom is -0.371 e. The average molecular weight is 295 g/mol. The van der Waals surface area contributed by atoms with Crippen molar-refractivity contribution >= 4 is 17.6 Å². The topological polar surface area (TPSA) is 41.9 Å². The zero-order valence-electron chi connectivity index (χ0n) is 13.2. The van der Waals surface area contributed by atoms with Crippen LogP contribution in [0.1, 0.15) is 24.0 Å². The van der Waals surface area contributed by atoms with Crippen molar-refractivity contribution < 1.29 is 4.99 Å². The van der Waals surface area contributed by atoms with E-state index in [0.717, 1.165) is 24.2 Å². The summed E-state index contributed by atoms with van der Waals surface area (Å²) in [5.41, 5.74) is 6.04. The predicted octanol–water partition coefficient (Wildman–Crippen LogP) is 2.32. The number of azo groups is 1. The van der Waals surface area contributed by atoms with E-state index in [4.69, 9.17) is 0 Å². The molecule has 1 aromatic rings. The number of hydrogen-bond acceptors (Lipinski definition) is 3. The van der Waals surface area contributed by atoms with Crippen molar-refractivity contribution in [2.45, 2.75) is 25.7 Å². The molecule has 2 aliphatic heterocycles. The lowest BCUT2D eigenvalue weighted by Gasteiger charge is -2.36. The molecule has 4 heteroatoms. The van der Waals surface area contributed by atoms with E-state index >= 15 is 0 Å². The summed E-state index contributed by atoms with van der Waals surface area (Å²) in [5, 5.41) is 8.71. The highest BCUT2D eigenvalue weighted by Crippen LogP contribution is 2.38. The molecule has 0 atom stereocenters. The number of allylic oxidation sites excluding steroid dienone is 2. The monoisotopic (exact) mass is 295 g/mol. The van der Waals surface area contributed by atoms with E-state index in [0.29, 0.717) is 0 Å². The standard InChI is InChI=1S/C18H22N4/c1-3-16(8-9-19-2)20-21-17-12-14-6-4-10-22-11-5-7-15(13-17)18(14)22/h3,8-9,12-13H,1,4-7,10-11H2,2H3/p+1/b16-8+,19-9?,21-20?. The maximum absolute atomic E-state index is 4.42. The fraction of sp³-hybridized carbons (Fsp3) is 0.389. The first kappa shape index (κ1) is 14.7. The Labute approximate surface area is 132 Å². The summed E-state index contributed by atoms with van der Waals surface area (Å²) >= 11 is 0. The van der Waals surface area contributed by atoms with Gasteiger partial charge in [-0.3, -0.25) is 4.99 Å². The quantitative estimate of drug-likeness (QED) is 0.517. The molecular weight excluding hydrogens is 272 g/mol. The number of rotatable bonds is 4. The smallest absolute Gasteiger partial charge is 0.163 e. The summed E-state index contributed by atoms with van der Waals surface area (Å²) < 4.78 is 0. The van der Waals surface area contributed by atoms with Crippen molar-refractivity contribution in [2.75, 3.05) is 25.0 Å². The highest BCUT2D eigenvalue weighted by molar-refractivity contribution is 5.68. The van der Waals surface area contributed by atoms with E-state index in [1.165, 1.54) is 42.7 Å². The van der Waals surface area contributed by atoms with E-state index in [-0.39, 0.29) is 0 Å². The van der Waals surface area contributed by atoms with Gasteiger partial charge in [-0.2, -0.15) is 10.2 Å². The van der Waals surface area contributed by atoms with Crippen molar-refractivity contribution in [1.29, 1.82) is 0 Å². The fourth-order valence-electron chi connectivity index (χ4n) is 3.27. The van der Waals surface area contributed by atoms with Gasteiger partial charge in [0.05, 0.1) is 11.4 Å². The minimum absolute atomic E-state index is 0.752. The molecule has 114 valence electrons. The van der Waals surface area contributed by atoms with Crippen LogP contribution in [0.4, 0.5) is 11.4 Å². The van der Waals surface area contributed by atoms with Crippen LogP contribution in [0, 0.1) is 0 Å². The molecule has 3 rings (SSSR count). The maximum Gasteiger partial charge on any atom is 0.163 e. The lowest BCUT2D eigenvalue weighted by molar-refractivity contribution is -0.413. The third-order valence-electron chi connectivity index (χ3n) is 4.23. The number of hydrogen-bond donors (Lipinski definition) is 1. The van der Waals surface area contributed by atoms with Gasteiger partial charge < -0.3 is 4.90 Å². The first-order chi connectivity index (χ1) is 10.8. The molecule has 1 N–H and O–H groups in total. The van der Waals surface area contributed by atoms with Gasteiger partial charge >= 0.3 is 0 Å². The summed E-state index contributed by atoms with van der Waals surface area (Å²) in [7, 11) is 1.86. The Morgan fingerprint density at radius 1 is 1.23 bits per heavy atom. The van der Waals surface area contributed by atoms with Crippen molar-refractivity contribution in [3.63, 3.8) is 0 Å². The maximum atomic E-state index is 4.42. The van der Waals surface area contributed by atoms with E-state index < -0.39 is 0 Å². The van der Waals surface area contributed by atoms with Gasteiger partial charge in [0.2, 0.25) is 0 Å².